The van der Waals surface area contributed by atoms with Crippen molar-refractivity contribution in [2.45, 2.75) is 45.6 Å². The van der Waals surface area contributed by atoms with E-state index in [9.17, 15) is 8.42 Å². The average molecular weight is 420 g/mol. The standard InChI is InChI=1S/C12H28N4O2S.HI/c1-6-7-8-9-14-11(13-4)15-10-12(2,3)16-19(5,17)18;/h16H,6-10H2,1-5H3,(H2,13,14,15);1H. The molecule has 0 unspecified atom stereocenters. The first kappa shape index (κ1) is 22.2. The monoisotopic (exact) mass is 420 g/mol. The first-order chi connectivity index (χ1) is 8.70. The van der Waals surface area contributed by atoms with Crippen molar-refractivity contribution >= 4 is 40.0 Å². The van der Waals surface area contributed by atoms with Gasteiger partial charge in [-0.15, -0.1) is 24.0 Å². The van der Waals surface area contributed by atoms with Crippen molar-refractivity contribution in [2.75, 3.05) is 26.4 Å². The summed E-state index contributed by atoms with van der Waals surface area (Å²) >= 11 is 0. The van der Waals surface area contributed by atoms with E-state index in [0.29, 0.717) is 12.5 Å². The molecule has 0 aliphatic heterocycles. The number of hydrogen-bond acceptors (Lipinski definition) is 3. The lowest BCUT2D eigenvalue weighted by Crippen LogP contribution is -2.53. The summed E-state index contributed by atoms with van der Waals surface area (Å²) < 4.78 is 25.0. The number of hydrogen-bond donors (Lipinski definition) is 3. The molecule has 0 amide bonds. The second kappa shape index (κ2) is 10.6. The highest BCUT2D eigenvalue weighted by Crippen LogP contribution is 2.01. The highest BCUT2D eigenvalue weighted by molar-refractivity contribution is 14.0. The Hall–Kier alpha value is -0.0900. The molecule has 0 aromatic rings. The predicted octanol–water partition coefficient (Wildman–Crippen LogP) is 1.29. The summed E-state index contributed by atoms with van der Waals surface area (Å²) in [6.45, 7) is 7.14. The van der Waals surface area contributed by atoms with Gasteiger partial charge in [-0.2, -0.15) is 0 Å². The zero-order valence-corrected chi connectivity index (χ0v) is 16.3. The van der Waals surface area contributed by atoms with Crippen molar-refractivity contribution in [3.05, 3.63) is 0 Å². The Bertz CT molecular complexity index is 383. The molecule has 0 radical (unpaired) electrons. The van der Waals surface area contributed by atoms with Crippen molar-refractivity contribution in [1.82, 2.24) is 15.4 Å². The topological polar surface area (TPSA) is 82.6 Å². The maximum atomic E-state index is 11.2. The molecule has 0 heterocycles. The molecule has 0 fully saturated rings. The van der Waals surface area contributed by atoms with E-state index in [4.69, 9.17) is 0 Å². The Kier molecular flexibility index (Phi) is 11.8. The number of sulfonamides is 1. The Labute approximate surface area is 140 Å². The third-order valence-corrected chi connectivity index (χ3v) is 3.38. The molecular weight excluding hydrogens is 391 g/mol. The van der Waals surface area contributed by atoms with Gasteiger partial charge < -0.3 is 10.6 Å². The van der Waals surface area contributed by atoms with Crippen LogP contribution in [0.15, 0.2) is 4.99 Å². The van der Waals surface area contributed by atoms with Gasteiger partial charge in [0, 0.05) is 25.7 Å². The Morgan fingerprint density at radius 1 is 1.20 bits per heavy atom. The van der Waals surface area contributed by atoms with Crippen molar-refractivity contribution in [2.24, 2.45) is 4.99 Å². The van der Waals surface area contributed by atoms with E-state index in [2.05, 4.69) is 27.3 Å². The van der Waals surface area contributed by atoms with Crippen LogP contribution in [0, 0.1) is 0 Å². The summed E-state index contributed by atoms with van der Waals surface area (Å²) in [6.07, 6.45) is 4.62. The number of nitrogens with one attached hydrogen (secondary N) is 3. The number of rotatable bonds is 8. The van der Waals surface area contributed by atoms with E-state index in [0.717, 1.165) is 19.2 Å². The van der Waals surface area contributed by atoms with Gasteiger partial charge >= 0.3 is 0 Å². The van der Waals surface area contributed by atoms with Gasteiger partial charge in [0.2, 0.25) is 10.0 Å². The third-order valence-electron chi connectivity index (χ3n) is 2.46. The molecule has 0 bridgehead atoms. The number of nitrogens with zero attached hydrogens (tertiary/aromatic N) is 1. The Morgan fingerprint density at radius 3 is 2.25 bits per heavy atom. The maximum absolute atomic E-state index is 11.2. The lowest BCUT2D eigenvalue weighted by molar-refractivity contribution is 0.446. The second-order valence-corrected chi connectivity index (χ2v) is 7.07. The lowest BCUT2D eigenvalue weighted by Gasteiger charge is -2.26. The zero-order chi connectivity index (χ0) is 14.9. The SMILES string of the molecule is CCCCCNC(=NC)NCC(C)(C)NS(C)(=O)=O.I. The van der Waals surface area contributed by atoms with Gasteiger partial charge in [-0.05, 0) is 20.3 Å². The van der Waals surface area contributed by atoms with Crippen molar-refractivity contribution in [3.63, 3.8) is 0 Å². The van der Waals surface area contributed by atoms with Crippen LogP contribution in [0.4, 0.5) is 0 Å². The molecule has 6 nitrogen and oxygen atoms in total. The average Bonchev–Trinajstić information content (AvgIpc) is 2.25. The fourth-order valence-electron chi connectivity index (χ4n) is 1.65. The molecular formula is C12H29IN4O2S. The molecule has 0 aromatic carbocycles. The van der Waals surface area contributed by atoms with Crippen LogP contribution in [0.25, 0.3) is 0 Å². The first-order valence-corrected chi connectivity index (χ1v) is 8.53. The quantitative estimate of drug-likeness (QED) is 0.239. The molecule has 0 spiro atoms. The molecule has 122 valence electrons. The smallest absolute Gasteiger partial charge is 0.209 e. The van der Waals surface area contributed by atoms with E-state index in [1.54, 1.807) is 7.05 Å². The molecule has 0 aliphatic rings. The van der Waals surface area contributed by atoms with E-state index in [-0.39, 0.29) is 24.0 Å². The van der Waals surface area contributed by atoms with Crippen LogP contribution >= 0.6 is 24.0 Å². The fraction of sp³-hybridized carbons (Fsp3) is 0.917. The summed E-state index contributed by atoms with van der Waals surface area (Å²) in [6, 6.07) is 0. The van der Waals surface area contributed by atoms with Gasteiger partial charge in [0.15, 0.2) is 5.96 Å². The molecule has 20 heavy (non-hydrogen) atoms. The Morgan fingerprint density at radius 2 is 1.80 bits per heavy atom. The van der Waals surface area contributed by atoms with Gasteiger partial charge in [0.25, 0.3) is 0 Å². The highest BCUT2D eigenvalue weighted by atomic mass is 127. The van der Waals surface area contributed by atoms with Gasteiger partial charge in [-0.3, -0.25) is 4.99 Å². The van der Waals surface area contributed by atoms with Gasteiger partial charge in [-0.25, -0.2) is 13.1 Å². The van der Waals surface area contributed by atoms with Crippen LogP contribution in [-0.4, -0.2) is 46.3 Å². The molecule has 0 atom stereocenters. The van der Waals surface area contributed by atoms with Crippen molar-refractivity contribution < 1.29 is 8.42 Å². The molecule has 0 saturated carbocycles. The minimum absolute atomic E-state index is 0. The fourth-order valence-corrected chi connectivity index (χ4v) is 2.72. The first-order valence-electron chi connectivity index (χ1n) is 6.63. The van der Waals surface area contributed by atoms with Crippen LogP contribution in [0.1, 0.15) is 40.0 Å². The molecule has 3 N–H and O–H groups in total. The summed E-state index contributed by atoms with van der Waals surface area (Å²) in [7, 11) is -1.51. The molecule has 0 rings (SSSR count). The van der Waals surface area contributed by atoms with E-state index in [1.807, 2.05) is 13.8 Å². The second-order valence-electron chi connectivity index (χ2n) is 5.32. The summed E-state index contributed by atoms with van der Waals surface area (Å²) in [5, 5.41) is 6.32. The van der Waals surface area contributed by atoms with Crippen LogP contribution < -0.4 is 15.4 Å². The van der Waals surface area contributed by atoms with E-state index >= 15 is 0 Å². The third kappa shape index (κ3) is 12.9. The summed E-state index contributed by atoms with van der Waals surface area (Å²) in [4.78, 5) is 4.10. The molecule has 0 aliphatic carbocycles. The normalized spacial score (nSPS) is 12.8. The minimum Gasteiger partial charge on any atom is -0.356 e. The Balaban J connectivity index is 0. The number of guanidine groups is 1. The summed E-state index contributed by atoms with van der Waals surface area (Å²) in [5.41, 5.74) is -0.561. The highest BCUT2D eigenvalue weighted by Gasteiger charge is 2.22. The number of halogens is 1. The van der Waals surface area contributed by atoms with E-state index < -0.39 is 15.6 Å². The molecule has 0 aromatic heterocycles. The van der Waals surface area contributed by atoms with Crippen LogP contribution in [0.5, 0.6) is 0 Å². The summed E-state index contributed by atoms with van der Waals surface area (Å²) in [5.74, 6) is 0.694. The largest absolute Gasteiger partial charge is 0.356 e. The van der Waals surface area contributed by atoms with Gasteiger partial charge in [0.05, 0.1) is 6.26 Å². The molecule has 8 heteroatoms. The predicted molar refractivity (Wildman–Crippen MR) is 96.4 cm³/mol. The lowest BCUT2D eigenvalue weighted by atomic mass is 10.1. The van der Waals surface area contributed by atoms with Gasteiger partial charge in [-0.1, -0.05) is 19.8 Å². The maximum Gasteiger partial charge on any atom is 0.209 e. The van der Waals surface area contributed by atoms with Crippen LogP contribution in [-0.2, 0) is 10.0 Å². The van der Waals surface area contributed by atoms with E-state index in [1.165, 1.54) is 12.8 Å². The number of aliphatic imine (C=N–C) groups is 1. The van der Waals surface area contributed by atoms with Crippen LogP contribution in [0.2, 0.25) is 0 Å². The van der Waals surface area contributed by atoms with Gasteiger partial charge in [0.1, 0.15) is 0 Å². The minimum atomic E-state index is -3.21. The number of unbranched alkanes of at least 4 members (excludes halogenated alkanes) is 2. The molecule has 0 saturated heterocycles. The zero-order valence-electron chi connectivity index (χ0n) is 13.1. The van der Waals surface area contributed by atoms with Crippen molar-refractivity contribution in [1.29, 1.82) is 0 Å². The van der Waals surface area contributed by atoms with Crippen LogP contribution in [0.3, 0.4) is 0 Å². The van der Waals surface area contributed by atoms with Crippen molar-refractivity contribution in [3.8, 4) is 0 Å².